The predicted octanol–water partition coefficient (Wildman–Crippen LogP) is 3.00. The number of anilines is 1. The fourth-order valence-corrected chi connectivity index (χ4v) is 3.98. The maximum Gasteiger partial charge on any atom is 0.471 e. The second kappa shape index (κ2) is 7.23. The predicted molar refractivity (Wildman–Crippen MR) is 90.1 cm³/mol. The lowest BCUT2D eigenvalue weighted by Crippen LogP contribution is -2.51. The van der Waals surface area contributed by atoms with E-state index in [1.807, 2.05) is 12.1 Å². The number of carbonyl (C=O) groups excluding carboxylic acids is 1. The molecular formula is C18H24F3N3O. The van der Waals surface area contributed by atoms with E-state index in [4.69, 9.17) is 5.73 Å². The number of hydrogen-bond acceptors (Lipinski definition) is 3. The quantitative estimate of drug-likeness (QED) is 0.830. The van der Waals surface area contributed by atoms with Crippen LogP contribution in [0.25, 0.3) is 0 Å². The Morgan fingerprint density at radius 1 is 0.960 bits per heavy atom. The van der Waals surface area contributed by atoms with Crippen molar-refractivity contribution >= 4 is 11.6 Å². The van der Waals surface area contributed by atoms with E-state index in [2.05, 4.69) is 17.0 Å². The summed E-state index contributed by atoms with van der Waals surface area (Å²) in [6.07, 6.45) is -1.43. The van der Waals surface area contributed by atoms with Gasteiger partial charge in [-0.3, -0.25) is 4.79 Å². The molecule has 0 radical (unpaired) electrons. The van der Waals surface area contributed by atoms with Crippen molar-refractivity contribution in [2.45, 2.75) is 43.8 Å². The number of nitrogen functional groups attached to an aromatic ring is 1. The van der Waals surface area contributed by atoms with Gasteiger partial charge < -0.3 is 15.5 Å². The summed E-state index contributed by atoms with van der Waals surface area (Å²) >= 11 is 0. The highest BCUT2D eigenvalue weighted by molar-refractivity contribution is 5.81. The molecule has 0 bridgehead atoms. The molecule has 0 atom stereocenters. The van der Waals surface area contributed by atoms with Crippen LogP contribution < -0.4 is 5.73 Å². The van der Waals surface area contributed by atoms with Crippen LogP contribution in [0.3, 0.4) is 0 Å². The zero-order chi connectivity index (χ0) is 18.0. The molecule has 1 aromatic carbocycles. The number of alkyl halides is 3. The molecule has 2 N–H and O–H groups in total. The first-order valence-corrected chi connectivity index (χ1v) is 8.80. The zero-order valence-corrected chi connectivity index (χ0v) is 14.1. The molecule has 25 heavy (non-hydrogen) atoms. The molecule has 0 unspecified atom stereocenters. The molecule has 2 aliphatic rings. The minimum Gasteiger partial charge on any atom is -0.399 e. The first kappa shape index (κ1) is 18.0. The summed E-state index contributed by atoms with van der Waals surface area (Å²) in [4.78, 5) is 14.6. The van der Waals surface area contributed by atoms with E-state index in [0.717, 1.165) is 36.5 Å². The zero-order valence-electron chi connectivity index (χ0n) is 14.1. The molecule has 3 rings (SSSR count). The standard InChI is InChI=1S/C18H24F3N3O/c19-18(20,21)17(25)24-11-7-16(8-12-24)23-9-5-14(6-10-23)13-1-3-15(22)4-2-13/h1-4,14,16H,5-12,22H2. The molecule has 0 saturated carbocycles. The van der Waals surface area contributed by atoms with E-state index in [-0.39, 0.29) is 19.1 Å². The minimum absolute atomic E-state index is 0.195. The Hall–Kier alpha value is -1.76. The lowest BCUT2D eigenvalue weighted by Gasteiger charge is -2.42. The topological polar surface area (TPSA) is 49.6 Å². The summed E-state index contributed by atoms with van der Waals surface area (Å²) in [6, 6.07) is 8.29. The smallest absolute Gasteiger partial charge is 0.399 e. The largest absolute Gasteiger partial charge is 0.471 e. The van der Waals surface area contributed by atoms with Crippen LogP contribution in [0.2, 0.25) is 0 Å². The summed E-state index contributed by atoms with van der Waals surface area (Å²) in [7, 11) is 0. The fraction of sp³-hybridized carbons (Fsp3) is 0.611. The summed E-state index contributed by atoms with van der Waals surface area (Å²) in [5.74, 6) is -1.18. The Kier molecular flexibility index (Phi) is 5.22. The summed E-state index contributed by atoms with van der Waals surface area (Å²) in [5, 5.41) is 0. The van der Waals surface area contributed by atoms with E-state index in [9.17, 15) is 18.0 Å². The number of amides is 1. The van der Waals surface area contributed by atoms with Gasteiger partial charge in [-0.1, -0.05) is 12.1 Å². The Balaban J connectivity index is 1.48. The normalized spacial score (nSPS) is 21.5. The molecule has 2 heterocycles. The van der Waals surface area contributed by atoms with E-state index in [1.165, 1.54) is 5.56 Å². The average Bonchev–Trinajstić information content (AvgIpc) is 2.61. The van der Waals surface area contributed by atoms with E-state index in [1.54, 1.807) is 0 Å². The SMILES string of the molecule is Nc1ccc(C2CCN(C3CCN(C(=O)C(F)(F)F)CC3)CC2)cc1. The van der Waals surface area contributed by atoms with Crippen LogP contribution in [0.5, 0.6) is 0 Å². The molecular weight excluding hydrogens is 331 g/mol. The van der Waals surface area contributed by atoms with E-state index < -0.39 is 12.1 Å². The molecule has 0 spiro atoms. The van der Waals surface area contributed by atoms with Crippen molar-refractivity contribution in [3.63, 3.8) is 0 Å². The minimum atomic E-state index is -4.76. The average molecular weight is 355 g/mol. The Bertz CT molecular complexity index is 587. The Morgan fingerprint density at radius 2 is 1.52 bits per heavy atom. The molecule has 7 heteroatoms. The van der Waals surface area contributed by atoms with E-state index in [0.29, 0.717) is 18.8 Å². The molecule has 2 fully saturated rings. The van der Waals surface area contributed by atoms with Gasteiger partial charge in [-0.05, 0) is 62.4 Å². The van der Waals surface area contributed by atoms with Crippen molar-refractivity contribution < 1.29 is 18.0 Å². The van der Waals surface area contributed by atoms with Gasteiger partial charge in [0.05, 0.1) is 0 Å². The van der Waals surface area contributed by atoms with Gasteiger partial charge >= 0.3 is 12.1 Å². The van der Waals surface area contributed by atoms with Crippen LogP contribution in [-0.4, -0.2) is 54.1 Å². The highest BCUT2D eigenvalue weighted by Crippen LogP contribution is 2.31. The van der Waals surface area contributed by atoms with Crippen LogP contribution in [0.4, 0.5) is 18.9 Å². The van der Waals surface area contributed by atoms with Crippen molar-refractivity contribution in [2.75, 3.05) is 31.9 Å². The third-order valence-corrected chi connectivity index (χ3v) is 5.45. The molecule has 1 amide bonds. The van der Waals surface area contributed by atoms with Crippen molar-refractivity contribution in [1.29, 1.82) is 0 Å². The van der Waals surface area contributed by atoms with Gasteiger partial charge in [-0.2, -0.15) is 13.2 Å². The first-order chi connectivity index (χ1) is 11.8. The van der Waals surface area contributed by atoms with Gasteiger partial charge in [0.15, 0.2) is 0 Å². The number of carbonyl (C=O) groups is 1. The van der Waals surface area contributed by atoms with Crippen molar-refractivity contribution in [1.82, 2.24) is 9.80 Å². The van der Waals surface area contributed by atoms with Crippen LogP contribution in [0, 0.1) is 0 Å². The van der Waals surface area contributed by atoms with Crippen LogP contribution in [-0.2, 0) is 4.79 Å². The third kappa shape index (κ3) is 4.26. The van der Waals surface area contributed by atoms with Gasteiger partial charge in [0.2, 0.25) is 0 Å². The maximum absolute atomic E-state index is 12.5. The van der Waals surface area contributed by atoms with Gasteiger partial charge in [0.25, 0.3) is 0 Å². The van der Waals surface area contributed by atoms with Crippen molar-refractivity contribution in [2.24, 2.45) is 0 Å². The number of hydrogen-bond donors (Lipinski definition) is 1. The third-order valence-electron chi connectivity index (χ3n) is 5.45. The summed E-state index contributed by atoms with van der Waals surface area (Å²) in [6.45, 7) is 2.29. The fourth-order valence-electron chi connectivity index (χ4n) is 3.98. The molecule has 138 valence electrons. The Morgan fingerprint density at radius 3 is 2.04 bits per heavy atom. The summed E-state index contributed by atoms with van der Waals surface area (Å²) < 4.78 is 37.5. The summed E-state index contributed by atoms with van der Waals surface area (Å²) in [5.41, 5.74) is 7.80. The number of likely N-dealkylation sites (tertiary alicyclic amines) is 2. The molecule has 0 aliphatic carbocycles. The molecule has 2 saturated heterocycles. The highest BCUT2D eigenvalue weighted by Gasteiger charge is 2.43. The molecule has 4 nitrogen and oxygen atoms in total. The molecule has 0 aromatic heterocycles. The van der Waals surface area contributed by atoms with Crippen LogP contribution in [0.15, 0.2) is 24.3 Å². The molecule has 2 aliphatic heterocycles. The number of halogens is 3. The second-order valence-corrected chi connectivity index (χ2v) is 7.00. The number of piperidine rings is 2. The number of nitrogens with two attached hydrogens (primary N) is 1. The highest BCUT2D eigenvalue weighted by atomic mass is 19.4. The van der Waals surface area contributed by atoms with E-state index >= 15 is 0 Å². The Labute approximate surface area is 145 Å². The lowest BCUT2D eigenvalue weighted by molar-refractivity contribution is -0.186. The van der Waals surface area contributed by atoms with Crippen molar-refractivity contribution in [3.05, 3.63) is 29.8 Å². The first-order valence-electron chi connectivity index (χ1n) is 8.80. The van der Waals surface area contributed by atoms with Crippen molar-refractivity contribution in [3.8, 4) is 0 Å². The lowest BCUT2D eigenvalue weighted by atomic mass is 9.88. The number of nitrogens with zero attached hydrogens (tertiary/aromatic N) is 2. The second-order valence-electron chi connectivity index (χ2n) is 7.00. The maximum atomic E-state index is 12.5. The monoisotopic (exact) mass is 355 g/mol. The van der Waals surface area contributed by atoms with Gasteiger partial charge in [0, 0.05) is 24.8 Å². The van der Waals surface area contributed by atoms with Gasteiger partial charge in [0.1, 0.15) is 0 Å². The van der Waals surface area contributed by atoms with Gasteiger partial charge in [-0.15, -0.1) is 0 Å². The number of rotatable bonds is 2. The molecule has 1 aromatic rings. The number of benzene rings is 1. The van der Waals surface area contributed by atoms with Crippen LogP contribution >= 0.6 is 0 Å². The van der Waals surface area contributed by atoms with Crippen LogP contribution in [0.1, 0.15) is 37.2 Å². The van der Waals surface area contributed by atoms with Gasteiger partial charge in [-0.25, -0.2) is 0 Å².